The highest BCUT2D eigenvalue weighted by molar-refractivity contribution is 5.85. The Morgan fingerprint density at radius 1 is 1.52 bits per heavy atom. The number of ether oxygens (including phenoxy) is 1. The van der Waals surface area contributed by atoms with Gasteiger partial charge in [-0.3, -0.25) is 9.69 Å². The van der Waals surface area contributed by atoms with E-state index in [9.17, 15) is 4.79 Å². The zero-order valence-electron chi connectivity index (χ0n) is 12.4. The quantitative estimate of drug-likeness (QED) is 0.827. The molecule has 1 saturated heterocycles. The molecule has 1 aliphatic heterocycles. The van der Waals surface area contributed by atoms with Gasteiger partial charge < -0.3 is 15.8 Å². The molecule has 1 fully saturated rings. The van der Waals surface area contributed by atoms with Gasteiger partial charge in [-0.15, -0.1) is 12.4 Å². The average Bonchev–Trinajstić information content (AvgIpc) is 2.92. The van der Waals surface area contributed by atoms with Crippen molar-refractivity contribution in [1.29, 1.82) is 0 Å². The number of methoxy groups -OCH3 is 1. The largest absolute Gasteiger partial charge is 0.497 e. The highest BCUT2D eigenvalue weighted by Crippen LogP contribution is 2.15. The van der Waals surface area contributed by atoms with Gasteiger partial charge in [-0.25, -0.2) is 0 Å². The van der Waals surface area contributed by atoms with Gasteiger partial charge in [0.2, 0.25) is 5.91 Å². The fourth-order valence-corrected chi connectivity index (χ4v) is 2.59. The van der Waals surface area contributed by atoms with Crippen LogP contribution in [0, 0.1) is 0 Å². The van der Waals surface area contributed by atoms with Crippen LogP contribution < -0.4 is 15.8 Å². The highest BCUT2D eigenvalue weighted by Gasteiger charge is 2.24. The smallest absolute Gasteiger partial charge is 0.234 e. The minimum Gasteiger partial charge on any atom is -0.497 e. The molecule has 0 aromatic heterocycles. The Kier molecular flexibility index (Phi) is 7.50. The number of carbonyl (C=O) groups is 1. The summed E-state index contributed by atoms with van der Waals surface area (Å²) in [6.07, 6.45) is 2.23. The van der Waals surface area contributed by atoms with Crippen LogP contribution in [0.3, 0.4) is 0 Å². The van der Waals surface area contributed by atoms with Gasteiger partial charge in [0.05, 0.1) is 13.7 Å². The molecule has 5 nitrogen and oxygen atoms in total. The lowest BCUT2D eigenvalue weighted by atomic mass is 10.2. The topological polar surface area (TPSA) is 67.6 Å². The van der Waals surface area contributed by atoms with E-state index in [1.165, 1.54) is 0 Å². The molecule has 3 N–H and O–H groups in total. The third-order valence-corrected chi connectivity index (χ3v) is 3.74. The lowest BCUT2D eigenvalue weighted by molar-refractivity contribution is -0.122. The predicted molar refractivity (Wildman–Crippen MR) is 85.7 cm³/mol. The molecular formula is C15H24ClN3O2. The molecule has 1 aromatic rings. The van der Waals surface area contributed by atoms with E-state index in [4.69, 9.17) is 10.5 Å². The van der Waals surface area contributed by atoms with Gasteiger partial charge >= 0.3 is 0 Å². The summed E-state index contributed by atoms with van der Waals surface area (Å²) >= 11 is 0. The first-order chi connectivity index (χ1) is 9.72. The van der Waals surface area contributed by atoms with E-state index in [1.54, 1.807) is 7.11 Å². The number of hydrogen-bond acceptors (Lipinski definition) is 4. The summed E-state index contributed by atoms with van der Waals surface area (Å²) in [4.78, 5) is 14.1. The molecule has 1 aliphatic rings. The summed E-state index contributed by atoms with van der Waals surface area (Å²) in [5.74, 6) is 0.854. The van der Waals surface area contributed by atoms with Crippen LogP contribution in [-0.2, 0) is 11.3 Å². The number of carbonyl (C=O) groups excluding carboxylic acids is 1. The van der Waals surface area contributed by atoms with Crippen molar-refractivity contribution in [3.63, 3.8) is 0 Å². The first-order valence-electron chi connectivity index (χ1n) is 7.06. The number of nitrogens with one attached hydrogen (secondary N) is 1. The van der Waals surface area contributed by atoms with E-state index >= 15 is 0 Å². The Bertz CT molecular complexity index is 456. The second kappa shape index (κ2) is 8.87. The highest BCUT2D eigenvalue weighted by atomic mass is 35.5. The molecule has 118 valence electrons. The molecule has 0 aliphatic carbocycles. The predicted octanol–water partition coefficient (Wildman–Crippen LogP) is 1.16. The van der Waals surface area contributed by atoms with Crippen LogP contribution in [0.2, 0.25) is 0 Å². The van der Waals surface area contributed by atoms with E-state index in [1.807, 2.05) is 24.3 Å². The van der Waals surface area contributed by atoms with E-state index < -0.39 is 0 Å². The number of benzene rings is 1. The van der Waals surface area contributed by atoms with Crippen molar-refractivity contribution in [3.8, 4) is 5.75 Å². The number of nitrogens with two attached hydrogens (primary N) is 1. The standard InChI is InChI=1S/C15H23N3O2.ClH/c1-20-14-6-2-4-12(8-14)10-17-15(19)11-18-7-3-5-13(18)9-16;/h2,4,6,8,13H,3,5,7,9-11,16H2,1H3,(H,17,19);1H. The molecule has 2 rings (SSSR count). The Balaban J connectivity index is 0.00000220. The molecule has 0 radical (unpaired) electrons. The van der Waals surface area contributed by atoms with Gasteiger partial charge in [0.15, 0.2) is 0 Å². The molecule has 0 bridgehead atoms. The minimum absolute atomic E-state index is 0. The summed E-state index contributed by atoms with van der Waals surface area (Å²) in [5.41, 5.74) is 6.75. The van der Waals surface area contributed by atoms with Gasteiger partial charge in [-0.05, 0) is 37.1 Å². The maximum Gasteiger partial charge on any atom is 0.234 e. The third-order valence-electron chi connectivity index (χ3n) is 3.74. The number of rotatable bonds is 6. The van der Waals surface area contributed by atoms with Crippen molar-refractivity contribution in [2.45, 2.75) is 25.4 Å². The van der Waals surface area contributed by atoms with Gasteiger partial charge in [0.1, 0.15) is 5.75 Å². The number of nitrogens with zero attached hydrogens (tertiary/aromatic N) is 1. The summed E-state index contributed by atoms with van der Waals surface area (Å²) in [7, 11) is 1.64. The van der Waals surface area contributed by atoms with Gasteiger partial charge in [-0.2, -0.15) is 0 Å². The SMILES string of the molecule is COc1cccc(CNC(=O)CN2CCCC2CN)c1.Cl. The third kappa shape index (κ3) is 5.19. The molecule has 1 atom stereocenters. The fraction of sp³-hybridized carbons (Fsp3) is 0.533. The Labute approximate surface area is 132 Å². The summed E-state index contributed by atoms with van der Waals surface area (Å²) < 4.78 is 5.16. The van der Waals surface area contributed by atoms with Crippen molar-refractivity contribution < 1.29 is 9.53 Å². The lowest BCUT2D eigenvalue weighted by Crippen LogP contribution is -2.42. The van der Waals surface area contributed by atoms with Crippen LogP contribution >= 0.6 is 12.4 Å². The number of halogens is 1. The van der Waals surface area contributed by atoms with Crippen LogP contribution in [0.25, 0.3) is 0 Å². The molecular weight excluding hydrogens is 290 g/mol. The molecule has 1 heterocycles. The van der Waals surface area contributed by atoms with Gasteiger partial charge in [0.25, 0.3) is 0 Å². The van der Waals surface area contributed by atoms with Crippen molar-refractivity contribution in [3.05, 3.63) is 29.8 Å². The molecule has 0 spiro atoms. The Morgan fingerprint density at radius 3 is 3.05 bits per heavy atom. The molecule has 6 heteroatoms. The van der Waals surface area contributed by atoms with Gasteiger partial charge in [-0.1, -0.05) is 12.1 Å². The monoisotopic (exact) mass is 313 g/mol. The van der Waals surface area contributed by atoms with E-state index in [0.717, 1.165) is 30.7 Å². The van der Waals surface area contributed by atoms with Crippen LogP contribution in [0.1, 0.15) is 18.4 Å². The van der Waals surface area contributed by atoms with E-state index in [0.29, 0.717) is 25.7 Å². The second-order valence-corrected chi connectivity index (χ2v) is 5.13. The zero-order valence-corrected chi connectivity index (χ0v) is 13.2. The maximum absolute atomic E-state index is 12.0. The molecule has 0 saturated carbocycles. The fourth-order valence-electron chi connectivity index (χ4n) is 2.59. The molecule has 1 aromatic carbocycles. The normalized spacial score (nSPS) is 18.1. The number of likely N-dealkylation sites (tertiary alicyclic amines) is 1. The van der Waals surface area contributed by atoms with Gasteiger partial charge in [0, 0.05) is 19.1 Å². The minimum atomic E-state index is 0. The van der Waals surface area contributed by atoms with Crippen LogP contribution in [-0.4, -0.2) is 43.6 Å². The van der Waals surface area contributed by atoms with Crippen molar-refractivity contribution in [1.82, 2.24) is 10.2 Å². The summed E-state index contributed by atoms with van der Waals surface area (Å²) in [5, 5.41) is 2.94. The number of hydrogen-bond donors (Lipinski definition) is 2. The number of amides is 1. The van der Waals surface area contributed by atoms with Crippen LogP contribution in [0.15, 0.2) is 24.3 Å². The average molecular weight is 314 g/mol. The molecule has 1 unspecified atom stereocenters. The van der Waals surface area contributed by atoms with Crippen LogP contribution in [0.4, 0.5) is 0 Å². The zero-order chi connectivity index (χ0) is 14.4. The van der Waals surface area contributed by atoms with Crippen molar-refractivity contribution in [2.24, 2.45) is 5.73 Å². The van der Waals surface area contributed by atoms with E-state index in [-0.39, 0.29) is 18.3 Å². The van der Waals surface area contributed by atoms with Crippen molar-refractivity contribution in [2.75, 3.05) is 26.7 Å². The molecule has 21 heavy (non-hydrogen) atoms. The lowest BCUT2D eigenvalue weighted by Gasteiger charge is -2.22. The Hall–Kier alpha value is -1.30. The maximum atomic E-state index is 12.0. The summed E-state index contributed by atoms with van der Waals surface area (Å²) in [6, 6.07) is 8.07. The second-order valence-electron chi connectivity index (χ2n) is 5.13. The molecule has 1 amide bonds. The first kappa shape index (κ1) is 17.8. The first-order valence-corrected chi connectivity index (χ1v) is 7.06. The van der Waals surface area contributed by atoms with Crippen molar-refractivity contribution >= 4 is 18.3 Å². The Morgan fingerprint density at radius 2 is 2.33 bits per heavy atom. The van der Waals surface area contributed by atoms with E-state index in [2.05, 4.69) is 10.2 Å². The van der Waals surface area contributed by atoms with Crippen LogP contribution in [0.5, 0.6) is 5.75 Å². The summed E-state index contributed by atoms with van der Waals surface area (Å²) in [6.45, 7) is 2.56.